The van der Waals surface area contributed by atoms with Gasteiger partial charge in [-0.05, 0) is 18.4 Å². The monoisotopic (exact) mass is 282 g/mol. The molecule has 0 saturated carbocycles. The molecule has 0 spiro atoms. The second-order valence-corrected chi connectivity index (χ2v) is 4.49. The Kier molecular flexibility index (Phi) is 3.81. The summed E-state index contributed by atoms with van der Waals surface area (Å²) in [6.07, 6.45) is 0. The van der Waals surface area contributed by atoms with Crippen LogP contribution in [-0.2, 0) is 4.79 Å². The molecule has 0 aromatic carbocycles. The van der Waals surface area contributed by atoms with Gasteiger partial charge in [0.05, 0.1) is 0 Å². The summed E-state index contributed by atoms with van der Waals surface area (Å²) >= 11 is 1.03. The van der Waals surface area contributed by atoms with Gasteiger partial charge in [-0.1, -0.05) is 5.16 Å². The van der Waals surface area contributed by atoms with Gasteiger partial charge < -0.3 is 19.7 Å². The van der Waals surface area contributed by atoms with Crippen LogP contribution in [0.2, 0.25) is 0 Å². The fraction of sp³-hybridized carbons (Fsp3) is 0.182. The van der Waals surface area contributed by atoms with Gasteiger partial charge in [0.25, 0.3) is 5.91 Å². The Balaban J connectivity index is 1.90. The van der Waals surface area contributed by atoms with Gasteiger partial charge in [-0.3, -0.25) is 4.79 Å². The molecule has 2 heterocycles. The first-order valence-corrected chi connectivity index (χ1v) is 6.11. The Morgan fingerprint density at radius 2 is 2.37 bits per heavy atom. The van der Waals surface area contributed by atoms with E-state index in [4.69, 9.17) is 14.4 Å². The SMILES string of the molecule is Cc1cc(NC(=O)COc2ccsc2C(=O)O)no1. The molecule has 1 amide bonds. The first kappa shape index (κ1) is 13.1. The number of hydrogen-bond donors (Lipinski definition) is 2. The van der Waals surface area contributed by atoms with Crippen molar-refractivity contribution in [3.05, 3.63) is 28.2 Å². The maximum Gasteiger partial charge on any atom is 0.349 e. The molecule has 7 nitrogen and oxygen atoms in total. The second kappa shape index (κ2) is 5.53. The van der Waals surface area contributed by atoms with Crippen LogP contribution in [0.15, 0.2) is 22.0 Å². The minimum absolute atomic E-state index is 0.0603. The van der Waals surface area contributed by atoms with E-state index in [1.165, 1.54) is 6.07 Å². The highest BCUT2D eigenvalue weighted by Crippen LogP contribution is 2.24. The van der Waals surface area contributed by atoms with Crippen molar-refractivity contribution in [3.63, 3.8) is 0 Å². The van der Waals surface area contributed by atoms with Gasteiger partial charge in [0, 0.05) is 6.07 Å². The number of carbonyl (C=O) groups excluding carboxylic acids is 1. The van der Waals surface area contributed by atoms with Crippen molar-refractivity contribution in [1.82, 2.24) is 5.16 Å². The van der Waals surface area contributed by atoms with Crippen molar-refractivity contribution < 1.29 is 24.0 Å². The number of anilines is 1. The molecule has 0 bridgehead atoms. The molecule has 0 fully saturated rings. The van der Waals surface area contributed by atoms with E-state index in [-0.39, 0.29) is 23.1 Å². The van der Waals surface area contributed by atoms with Crippen LogP contribution in [0.5, 0.6) is 5.75 Å². The van der Waals surface area contributed by atoms with E-state index < -0.39 is 11.9 Å². The van der Waals surface area contributed by atoms with E-state index in [0.29, 0.717) is 5.76 Å². The number of hydrogen-bond acceptors (Lipinski definition) is 6. The number of aryl methyl sites for hydroxylation is 1. The van der Waals surface area contributed by atoms with Gasteiger partial charge >= 0.3 is 5.97 Å². The maximum absolute atomic E-state index is 11.5. The van der Waals surface area contributed by atoms with Crippen molar-refractivity contribution >= 4 is 29.0 Å². The van der Waals surface area contributed by atoms with Crippen LogP contribution in [0.25, 0.3) is 0 Å². The Morgan fingerprint density at radius 1 is 1.58 bits per heavy atom. The number of carbonyl (C=O) groups is 2. The number of amides is 1. The summed E-state index contributed by atoms with van der Waals surface area (Å²) in [6.45, 7) is 1.40. The molecule has 0 unspecified atom stereocenters. The Labute approximate surface area is 111 Å². The number of rotatable bonds is 5. The number of ether oxygens (including phenoxy) is 1. The van der Waals surface area contributed by atoms with Crippen molar-refractivity contribution in [1.29, 1.82) is 0 Å². The first-order chi connectivity index (χ1) is 9.06. The fourth-order valence-corrected chi connectivity index (χ4v) is 1.99. The predicted octanol–water partition coefficient (Wildman–Crippen LogP) is 1.76. The molecule has 2 aromatic rings. The summed E-state index contributed by atoms with van der Waals surface area (Å²) in [5.41, 5.74) is 0. The number of thiophene rings is 1. The third-order valence-electron chi connectivity index (χ3n) is 2.08. The lowest BCUT2D eigenvalue weighted by Gasteiger charge is -2.04. The lowest BCUT2D eigenvalue weighted by molar-refractivity contribution is -0.118. The summed E-state index contributed by atoms with van der Waals surface area (Å²) in [4.78, 5) is 22.4. The average molecular weight is 282 g/mol. The molecule has 0 radical (unpaired) electrons. The molecular formula is C11H10N2O5S. The van der Waals surface area contributed by atoms with Gasteiger partial charge in [0.1, 0.15) is 11.5 Å². The van der Waals surface area contributed by atoms with Crippen LogP contribution in [0, 0.1) is 6.92 Å². The summed E-state index contributed by atoms with van der Waals surface area (Å²) in [5, 5.41) is 16.5. The highest BCUT2D eigenvalue weighted by Gasteiger charge is 2.14. The molecule has 0 aliphatic rings. The predicted molar refractivity (Wildman–Crippen MR) is 66.6 cm³/mol. The van der Waals surface area contributed by atoms with E-state index in [0.717, 1.165) is 11.3 Å². The van der Waals surface area contributed by atoms with Gasteiger partial charge in [-0.25, -0.2) is 4.79 Å². The normalized spacial score (nSPS) is 10.2. The zero-order valence-corrected chi connectivity index (χ0v) is 10.7. The summed E-state index contributed by atoms with van der Waals surface area (Å²) in [6, 6.07) is 3.06. The fourth-order valence-electron chi connectivity index (χ4n) is 1.31. The van der Waals surface area contributed by atoms with Crippen LogP contribution in [0.1, 0.15) is 15.4 Å². The molecule has 0 saturated heterocycles. The molecule has 100 valence electrons. The molecule has 2 N–H and O–H groups in total. The molecule has 19 heavy (non-hydrogen) atoms. The Hall–Kier alpha value is -2.35. The second-order valence-electron chi connectivity index (χ2n) is 3.58. The number of carboxylic acids is 1. The van der Waals surface area contributed by atoms with Crippen molar-refractivity contribution in [2.45, 2.75) is 6.92 Å². The van der Waals surface area contributed by atoms with Crippen LogP contribution in [-0.4, -0.2) is 28.7 Å². The zero-order chi connectivity index (χ0) is 13.8. The van der Waals surface area contributed by atoms with Gasteiger partial charge in [0.15, 0.2) is 17.3 Å². The Bertz CT molecular complexity index is 604. The molecule has 0 atom stereocenters. The molecule has 2 rings (SSSR count). The van der Waals surface area contributed by atoms with Crippen LogP contribution < -0.4 is 10.1 Å². The zero-order valence-electron chi connectivity index (χ0n) is 9.87. The van der Waals surface area contributed by atoms with E-state index in [2.05, 4.69) is 10.5 Å². The molecule has 0 aliphatic carbocycles. The van der Waals surface area contributed by atoms with Gasteiger partial charge in [-0.15, -0.1) is 11.3 Å². The number of carboxylic acid groups (broad SMARTS) is 1. The molecule has 0 aliphatic heterocycles. The minimum Gasteiger partial charge on any atom is -0.482 e. The average Bonchev–Trinajstić information content (AvgIpc) is 2.95. The maximum atomic E-state index is 11.5. The van der Waals surface area contributed by atoms with E-state index in [1.807, 2.05) is 0 Å². The van der Waals surface area contributed by atoms with Crippen molar-refractivity contribution in [2.75, 3.05) is 11.9 Å². The smallest absolute Gasteiger partial charge is 0.349 e. The highest BCUT2D eigenvalue weighted by molar-refractivity contribution is 7.12. The lowest BCUT2D eigenvalue weighted by Crippen LogP contribution is -2.20. The third-order valence-corrected chi connectivity index (χ3v) is 2.96. The van der Waals surface area contributed by atoms with Crippen LogP contribution in [0.3, 0.4) is 0 Å². The quantitative estimate of drug-likeness (QED) is 0.866. The molecule has 8 heteroatoms. The van der Waals surface area contributed by atoms with E-state index in [9.17, 15) is 9.59 Å². The van der Waals surface area contributed by atoms with Crippen molar-refractivity contribution in [3.8, 4) is 5.75 Å². The minimum atomic E-state index is -1.09. The number of aromatic nitrogens is 1. The largest absolute Gasteiger partial charge is 0.482 e. The summed E-state index contributed by atoms with van der Waals surface area (Å²) in [7, 11) is 0. The topological polar surface area (TPSA) is 102 Å². The van der Waals surface area contributed by atoms with Crippen molar-refractivity contribution in [2.24, 2.45) is 0 Å². The van der Waals surface area contributed by atoms with Crippen LogP contribution in [0.4, 0.5) is 5.82 Å². The van der Waals surface area contributed by atoms with Gasteiger partial charge in [0.2, 0.25) is 0 Å². The molecular weight excluding hydrogens is 272 g/mol. The first-order valence-electron chi connectivity index (χ1n) is 5.23. The van der Waals surface area contributed by atoms with E-state index >= 15 is 0 Å². The third kappa shape index (κ3) is 3.32. The van der Waals surface area contributed by atoms with Gasteiger partial charge in [-0.2, -0.15) is 0 Å². The Morgan fingerprint density at radius 3 is 3.00 bits per heavy atom. The molecule has 2 aromatic heterocycles. The summed E-state index contributed by atoms with van der Waals surface area (Å²) < 4.78 is 9.92. The highest BCUT2D eigenvalue weighted by atomic mass is 32.1. The number of nitrogens with zero attached hydrogens (tertiary/aromatic N) is 1. The standard InChI is InChI=1S/C11H10N2O5S/c1-6-4-8(13-18-6)12-9(14)5-17-7-2-3-19-10(7)11(15)16/h2-4H,5H2,1H3,(H,15,16)(H,12,13,14). The number of nitrogens with one attached hydrogen (secondary N) is 1. The van der Waals surface area contributed by atoms with Crippen LogP contribution >= 0.6 is 11.3 Å². The summed E-state index contributed by atoms with van der Waals surface area (Å²) in [5.74, 6) is -0.505. The lowest BCUT2D eigenvalue weighted by atomic mass is 10.4. The van der Waals surface area contributed by atoms with E-state index in [1.54, 1.807) is 18.4 Å². The number of aromatic carboxylic acids is 1.